The Labute approximate surface area is 262 Å². The maximum Gasteiger partial charge on any atom is 0.273 e. The van der Waals surface area contributed by atoms with Gasteiger partial charge in [0, 0.05) is 43.2 Å². The first-order valence-electron chi connectivity index (χ1n) is 16.0. The van der Waals surface area contributed by atoms with Crippen LogP contribution < -0.4 is 10.9 Å². The third-order valence-electron chi connectivity index (χ3n) is 9.96. The molecule has 3 aromatic rings. The highest BCUT2D eigenvalue weighted by atomic mass is 32.2. The number of nitrogens with zero attached hydrogens (tertiary/aromatic N) is 5. The van der Waals surface area contributed by atoms with Gasteiger partial charge in [-0.2, -0.15) is 5.26 Å². The van der Waals surface area contributed by atoms with Crippen LogP contribution in [0.25, 0.3) is 11.0 Å². The van der Waals surface area contributed by atoms with Crippen molar-refractivity contribution in [2.45, 2.75) is 82.2 Å². The standard InChI is InChI=1S/C33H40F2N6O3S/c1-23-25-7-6-8-26(17-25)33(34,35)10-9-24-19-40(20-24)13-4-2-3-5-14-41-30-27(29(39-23)37-22-38-30)18-28(31(41)42)32(21-36)11-15-45(43,44)16-12-32/h6-8,17-18,22-24H,2-5,9-16,19-20H2,1H3,(H,37,38,39)/t23-/m1/s1. The molecule has 0 spiro atoms. The van der Waals surface area contributed by atoms with Gasteiger partial charge in [0.1, 0.15) is 27.6 Å². The maximum atomic E-state index is 15.4. The minimum Gasteiger partial charge on any atom is -0.363 e. The van der Waals surface area contributed by atoms with Crippen molar-refractivity contribution in [2.24, 2.45) is 5.92 Å². The number of hydrogen-bond acceptors (Lipinski definition) is 8. The van der Waals surface area contributed by atoms with Crippen LogP contribution >= 0.6 is 0 Å². The quantitative estimate of drug-likeness (QED) is 0.381. The first kappa shape index (κ1) is 31.5. The molecular formula is C33H40F2N6O3S. The number of nitriles is 1. The molecule has 2 saturated heterocycles. The Morgan fingerprint density at radius 1 is 1.02 bits per heavy atom. The highest BCUT2D eigenvalue weighted by Gasteiger charge is 2.42. The van der Waals surface area contributed by atoms with E-state index in [1.807, 2.05) is 6.92 Å². The summed E-state index contributed by atoms with van der Waals surface area (Å²) in [6, 6.07) is 10.0. The molecule has 6 heterocycles. The number of fused-ring (bicyclic) bond motifs is 8. The van der Waals surface area contributed by atoms with Crippen molar-refractivity contribution >= 4 is 26.7 Å². The number of aromatic nitrogens is 3. The second-order valence-electron chi connectivity index (χ2n) is 13.1. The number of rotatable bonds is 1. The minimum atomic E-state index is -3.29. The molecule has 4 aliphatic heterocycles. The summed E-state index contributed by atoms with van der Waals surface area (Å²) in [5.41, 5.74) is -0.256. The van der Waals surface area contributed by atoms with E-state index in [0.29, 0.717) is 41.3 Å². The summed E-state index contributed by atoms with van der Waals surface area (Å²) in [6.07, 6.45) is 5.35. The second-order valence-corrected chi connectivity index (χ2v) is 15.4. The Kier molecular flexibility index (Phi) is 8.69. The number of benzene rings is 1. The minimum absolute atomic E-state index is 0.0115. The van der Waals surface area contributed by atoms with Gasteiger partial charge in [-0.3, -0.25) is 9.36 Å². The molecule has 0 radical (unpaired) electrons. The Balaban J connectivity index is 1.42. The van der Waals surface area contributed by atoms with Crippen LogP contribution in [0.5, 0.6) is 0 Å². The summed E-state index contributed by atoms with van der Waals surface area (Å²) in [4.78, 5) is 25.4. The second kappa shape index (κ2) is 12.4. The third kappa shape index (κ3) is 6.47. The van der Waals surface area contributed by atoms with Crippen LogP contribution in [0.4, 0.5) is 14.6 Å². The molecule has 12 heteroatoms. The molecule has 2 fully saturated rings. The predicted octanol–water partition coefficient (Wildman–Crippen LogP) is 5.31. The number of alkyl halides is 2. The van der Waals surface area contributed by atoms with Gasteiger partial charge in [-0.25, -0.2) is 27.2 Å². The van der Waals surface area contributed by atoms with Crippen LogP contribution in [0.1, 0.15) is 81.0 Å². The molecule has 0 unspecified atom stereocenters. The molecule has 0 amide bonds. The smallest absolute Gasteiger partial charge is 0.273 e. The summed E-state index contributed by atoms with van der Waals surface area (Å²) >= 11 is 0. The lowest BCUT2D eigenvalue weighted by Crippen LogP contribution is -2.47. The molecule has 2 aromatic heterocycles. The third-order valence-corrected chi connectivity index (χ3v) is 11.6. The first-order chi connectivity index (χ1) is 21.5. The normalized spacial score (nSPS) is 26.5. The molecule has 7 rings (SSSR count). The zero-order valence-electron chi connectivity index (χ0n) is 25.6. The molecule has 1 aromatic carbocycles. The number of sulfone groups is 1. The van der Waals surface area contributed by atoms with Crippen molar-refractivity contribution in [3.05, 3.63) is 63.7 Å². The van der Waals surface area contributed by atoms with E-state index >= 15 is 8.78 Å². The molecule has 240 valence electrons. The molecule has 9 nitrogen and oxygen atoms in total. The lowest BCUT2D eigenvalue weighted by atomic mass is 9.77. The van der Waals surface area contributed by atoms with Gasteiger partial charge in [0.25, 0.3) is 11.5 Å². The topological polar surface area (TPSA) is 121 Å². The van der Waals surface area contributed by atoms with Gasteiger partial charge in [0.15, 0.2) is 0 Å². The SMILES string of the molecule is C[C@H]1Nc2ncnc3c2cc(C2(C#N)CCS(=O)(=O)CC2)c(=O)n3CCCCCCN2CC(CCC(F)(F)c3cccc1c3)C2. The van der Waals surface area contributed by atoms with Crippen molar-refractivity contribution in [3.63, 3.8) is 0 Å². The average Bonchev–Trinajstić information content (AvgIpc) is 3.00. The summed E-state index contributed by atoms with van der Waals surface area (Å²) in [5, 5.41) is 14.3. The van der Waals surface area contributed by atoms with Crippen molar-refractivity contribution in [3.8, 4) is 6.07 Å². The van der Waals surface area contributed by atoms with Crippen LogP contribution in [-0.2, 0) is 27.7 Å². The molecule has 45 heavy (non-hydrogen) atoms. The van der Waals surface area contributed by atoms with Gasteiger partial charge < -0.3 is 10.2 Å². The molecule has 0 aliphatic carbocycles. The monoisotopic (exact) mass is 638 g/mol. The van der Waals surface area contributed by atoms with Crippen LogP contribution in [0.15, 0.2) is 41.5 Å². The van der Waals surface area contributed by atoms with E-state index < -0.39 is 27.2 Å². The van der Waals surface area contributed by atoms with Crippen LogP contribution in [0.3, 0.4) is 0 Å². The molecule has 4 aliphatic rings. The first-order valence-corrected chi connectivity index (χ1v) is 17.8. The number of anilines is 1. The van der Waals surface area contributed by atoms with Gasteiger partial charge in [0.05, 0.1) is 28.4 Å². The Morgan fingerprint density at radius 3 is 2.49 bits per heavy atom. The van der Waals surface area contributed by atoms with Crippen molar-refractivity contribution < 1.29 is 17.2 Å². The van der Waals surface area contributed by atoms with Gasteiger partial charge in [-0.1, -0.05) is 31.0 Å². The number of halogens is 2. The van der Waals surface area contributed by atoms with Crippen molar-refractivity contribution in [2.75, 3.05) is 36.5 Å². The van der Waals surface area contributed by atoms with E-state index in [-0.39, 0.29) is 47.5 Å². The highest BCUT2D eigenvalue weighted by Crippen LogP contribution is 2.39. The van der Waals surface area contributed by atoms with Crippen molar-refractivity contribution in [1.82, 2.24) is 19.4 Å². The van der Waals surface area contributed by atoms with Gasteiger partial charge in [-0.05, 0) is 69.2 Å². The number of aryl methyl sites for hydroxylation is 1. The van der Waals surface area contributed by atoms with Gasteiger partial charge >= 0.3 is 0 Å². The van der Waals surface area contributed by atoms with E-state index in [9.17, 15) is 18.5 Å². The number of pyridine rings is 1. The lowest BCUT2D eigenvalue weighted by Gasteiger charge is -2.40. The maximum absolute atomic E-state index is 15.4. The molecule has 8 bridgehead atoms. The zero-order chi connectivity index (χ0) is 31.8. The van der Waals surface area contributed by atoms with E-state index in [1.165, 1.54) is 12.4 Å². The molecule has 0 saturated carbocycles. The van der Waals surface area contributed by atoms with Gasteiger partial charge in [0.2, 0.25) is 0 Å². The summed E-state index contributed by atoms with van der Waals surface area (Å²) in [7, 11) is -3.29. The van der Waals surface area contributed by atoms with E-state index in [4.69, 9.17) is 0 Å². The Morgan fingerprint density at radius 2 is 1.76 bits per heavy atom. The summed E-state index contributed by atoms with van der Waals surface area (Å²) in [6.45, 7) is 4.91. The average molecular weight is 639 g/mol. The summed E-state index contributed by atoms with van der Waals surface area (Å²) in [5.74, 6) is -2.56. The van der Waals surface area contributed by atoms with Crippen LogP contribution in [-0.4, -0.2) is 59.0 Å². The Hall–Kier alpha value is -3.43. The van der Waals surface area contributed by atoms with Gasteiger partial charge in [-0.15, -0.1) is 0 Å². The fraction of sp³-hybridized carbons (Fsp3) is 0.576. The molecular weight excluding hydrogens is 598 g/mol. The van der Waals surface area contributed by atoms with E-state index in [1.54, 1.807) is 28.8 Å². The predicted molar refractivity (Wildman–Crippen MR) is 169 cm³/mol. The summed E-state index contributed by atoms with van der Waals surface area (Å²) < 4.78 is 56.9. The fourth-order valence-electron chi connectivity index (χ4n) is 7.03. The fourth-order valence-corrected chi connectivity index (χ4v) is 8.55. The molecule has 1 atom stereocenters. The molecule has 1 N–H and O–H groups in total. The van der Waals surface area contributed by atoms with E-state index in [0.717, 1.165) is 45.3 Å². The number of hydrogen-bond donors (Lipinski definition) is 1. The highest BCUT2D eigenvalue weighted by molar-refractivity contribution is 7.91. The largest absolute Gasteiger partial charge is 0.363 e. The van der Waals surface area contributed by atoms with Crippen molar-refractivity contribution in [1.29, 1.82) is 5.26 Å². The van der Waals surface area contributed by atoms with Crippen LogP contribution in [0, 0.1) is 17.2 Å². The van der Waals surface area contributed by atoms with Crippen LogP contribution in [0.2, 0.25) is 0 Å². The Bertz CT molecular complexity index is 1770. The lowest BCUT2D eigenvalue weighted by molar-refractivity contribution is -0.0291. The number of nitrogens with one attached hydrogen (secondary N) is 1. The van der Waals surface area contributed by atoms with E-state index in [2.05, 4.69) is 26.3 Å². The zero-order valence-corrected chi connectivity index (χ0v) is 26.5.